The van der Waals surface area contributed by atoms with E-state index in [0.29, 0.717) is 30.2 Å². The van der Waals surface area contributed by atoms with Gasteiger partial charge in [0.25, 0.3) is 0 Å². The zero-order valence-electron chi connectivity index (χ0n) is 46.5. The number of hydrogen-bond donors (Lipinski definition) is 3. The smallest absolute Gasteiger partial charge is 0.230 e. The normalized spacial score (nSPS) is 22.1. The molecule has 7 aromatic heterocycles. The van der Waals surface area contributed by atoms with Crippen molar-refractivity contribution in [3.63, 3.8) is 0 Å². The second-order valence-electron chi connectivity index (χ2n) is 22.8. The Morgan fingerprint density at radius 2 is 1.10 bits per heavy atom. The SMILES string of the molecule is CN(C)C1CCC(Nc2ccnc3sc4ccccc4c23)CC1.CN(C)C1CCC(Oc2ccnc3sc4ccccc4c23)CC1.Cn1cc(Nc2nc(NC3CCC(N4CCCCC4)CC3)c3c(n2)sc2ccccc23)cn1. The van der Waals surface area contributed by atoms with E-state index in [1.54, 1.807) is 44.9 Å². The third kappa shape index (κ3) is 12.2. The standard InChI is InChI=1S/C25H31N7S.C19H23N3S.C19H22N2OS/c1-31-16-18(15-26-31)28-25-29-23(22-20-7-3-4-8-21(20)33-24(22)30-25)27-17-9-11-19(12-10-17)32-13-5-2-6-14-32;1-22(2)14-9-7-13(8-10-14)21-16-11-12-20-19-18(16)15-5-3-4-6-17(15)23-19;1-21(2)13-7-9-14(10-8-13)22-16-11-12-20-19-18(16)15-5-3-4-6-17(15)23-19/h3-4,7-8,15-17,19H,2,5-6,9-14H2,1H3,(H2,27,28,29,30);3-6,11-14H,7-10H2,1-2H3,(H,20,21);3-6,11-14H,7-10H2,1-2H3. The van der Waals surface area contributed by atoms with Crippen molar-refractivity contribution in [2.75, 3.05) is 57.2 Å². The molecule has 10 aromatic rings. The number of piperidine rings is 1. The quantitative estimate of drug-likeness (QED) is 0.114. The third-order valence-electron chi connectivity index (χ3n) is 17.1. The summed E-state index contributed by atoms with van der Waals surface area (Å²) in [6.07, 6.45) is 26.7. The minimum atomic E-state index is 0.329. The molecule has 1 saturated heterocycles. The van der Waals surface area contributed by atoms with E-state index in [2.05, 4.69) is 153 Å². The van der Waals surface area contributed by atoms with Crippen LogP contribution in [0.4, 0.5) is 23.1 Å². The number of anilines is 4. The molecule has 0 bridgehead atoms. The van der Waals surface area contributed by atoms with E-state index in [-0.39, 0.29) is 0 Å². The summed E-state index contributed by atoms with van der Waals surface area (Å²) in [6, 6.07) is 33.1. The first-order valence-electron chi connectivity index (χ1n) is 28.9. The van der Waals surface area contributed by atoms with Crippen molar-refractivity contribution in [1.29, 1.82) is 0 Å². The number of pyridine rings is 2. The molecule has 4 aliphatic rings. The van der Waals surface area contributed by atoms with Crippen LogP contribution in [-0.2, 0) is 7.05 Å². The number of nitrogens with one attached hydrogen (secondary N) is 3. The number of fused-ring (bicyclic) bond motifs is 9. The molecule has 13 nitrogen and oxygen atoms in total. The fourth-order valence-corrected chi connectivity index (χ4v) is 16.0. The molecule has 0 radical (unpaired) electrons. The molecule has 1 aliphatic heterocycles. The first kappa shape index (κ1) is 53.6. The van der Waals surface area contributed by atoms with Gasteiger partial charge in [0.05, 0.1) is 28.8 Å². The molecule has 0 amide bonds. The lowest BCUT2D eigenvalue weighted by Crippen LogP contribution is -2.43. The summed E-state index contributed by atoms with van der Waals surface area (Å²) in [6.45, 7) is 2.58. The van der Waals surface area contributed by atoms with E-state index in [4.69, 9.17) is 14.7 Å². The molecule has 4 fully saturated rings. The number of aromatic nitrogens is 6. The summed E-state index contributed by atoms with van der Waals surface area (Å²) in [7, 11) is 10.7. The van der Waals surface area contributed by atoms with Crippen molar-refractivity contribution in [3.05, 3.63) is 110 Å². The highest BCUT2D eigenvalue weighted by Gasteiger charge is 2.29. The van der Waals surface area contributed by atoms with Crippen LogP contribution in [0.2, 0.25) is 0 Å². The molecule has 0 unspecified atom stereocenters. The third-order valence-corrected chi connectivity index (χ3v) is 20.3. The number of rotatable bonds is 11. The molecule has 3 saturated carbocycles. The van der Waals surface area contributed by atoms with Gasteiger partial charge in [-0.25, -0.2) is 15.0 Å². The monoisotopic (exact) mass is 1110 g/mol. The predicted octanol–water partition coefficient (Wildman–Crippen LogP) is 15.0. The van der Waals surface area contributed by atoms with Crippen molar-refractivity contribution >= 4 is 118 Å². The van der Waals surface area contributed by atoms with Gasteiger partial charge in [0, 0.05) is 97.2 Å². The van der Waals surface area contributed by atoms with Crippen LogP contribution in [0.1, 0.15) is 96.3 Å². The van der Waals surface area contributed by atoms with Crippen LogP contribution >= 0.6 is 34.0 Å². The van der Waals surface area contributed by atoms with Gasteiger partial charge in [-0.3, -0.25) is 4.68 Å². The Hall–Kier alpha value is -6.01. The number of aryl methyl sites for hydroxylation is 1. The number of thiophene rings is 3. The van der Waals surface area contributed by atoms with Crippen LogP contribution in [0, 0.1) is 0 Å². The first-order valence-corrected chi connectivity index (χ1v) is 31.4. The van der Waals surface area contributed by atoms with Crippen LogP contribution in [0.15, 0.2) is 110 Å². The molecular weight excluding hydrogens is 1040 g/mol. The van der Waals surface area contributed by atoms with Crippen LogP contribution in [0.5, 0.6) is 5.75 Å². The van der Waals surface area contributed by atoms with E-state index in [9.17, 15) is 0 Å². The average molecular weight is 1110 g/mol. The van der Waals surface area contributed by atoms with Gasteiger partial charge >= 0.3 is 0 Å². The molecule has 16 heteroatoms. The van der Waals surface area contributed by atoms with Crippen molar-refractivity contribution in [2.45, 2.75) is 133 Å². The molecule has 0 atom stereocenters. The zero-order valence-corrected chi connectivity index (χ0v) is 49.0. The maximum absolute atomic E-state index is 6.41. The second kappa shape index (κ2) is 24.4. The molecule has 3 N–H and O–H groups in total. The van der Waals surface area contributed by atoms with Crippen LogP contribution in [-0.4, -0.2) is 122 Å². The van der Waals surface area contributed by atoms with Gasteiger partial charge in [0.15, 0.2) is 0 Å². The minimum absolute atomic E-state index is 0.329. The number of likely N-dealkylation sites (tertiary alicyclic amines) is 1. The van der Waals surface area contributed by atoms with Gasteiger partial charge in [0.2, 0.25) is 5.95 Å². The van der Waals surface area contributed by atoms with Crippen molar-refractivity contribution in [3.8, 4) is 5.75 Å². The lowest BCUT2D eigenvalue weighted by molar-refractivity contribution is 0.112. The fraction of sp³-hybridized carbons (Fsp3) is 0.444. The highest BCUT2D eigenvalue weighted by atomic mass is 32.1. The Labute approximate surface area is 476 Å². The largest absolute Gasteiger partial charge is 0.490 e. The van der Waals surface area contributed by atoms with E-state index in [0.717, 1.165) is 62.1 Å². The second-order valence-corrected chi connectivity index (χ2v) is 25.9. The van der Waals surface area contributed by atoms with Crippen LogP contribution in [0.3, 0.4) is 0 Å². The maximum Gasteiger partial charge on any atom is 0.230 e. The van der Waals surface area contributed by atoms with E-state index in [1.807, 2.05) is 31.7 Å². The van der Waals surface area contributed by atoms with E-state index >= 15 is 0 Å². The maximum atomic E-state index is 6.41. The zero-order chi connectivity index (χ0) is 53.8. The Morgan fingerprint density at radius 1 is 0.557 bits per heavy atom. The highest BCUT2D eigenvalue weighted by Crippen LogP contribution is 2.42. The van der Waals surface area contributed by atoms with E-state index < -0.39 is 0 Å². The molecule has 0 spiro atoms. The molecule has 14 rings (SSSR count). The van der Waals surface area contributed by atoms with Crippen LogP contribution < -0.4 is 20.7 Å². The molecule has 79 heavy (non-hydrogen) atoms. The molecule has 3 aromatic carbocycles. The first-order chi connectivity index (χ1) is 38.7. The Bertz CT molecular complexity index is 3490. The van der Waals surface area contributed by atoms with Gasteiger partial charge < -0.3 is 35.4 Å². The minimum Gasteiger partial charge on any atom is -0.490 e. The Kier molecular flexibility index (Phi) is 16.5. The van der Waals surface area contributed by atoms with Gasteiger partial charge in [-0.1, -0.05) is 61.0 Å². The number of ether oxygens (including phenoxy) is 1. The number of nitrogens with zero attached hydrogens (tertiary/aromatic N) is 9. The van der Waals surface area contributed by atoms with Crippen LogP contribution in [0.25, 0.3) is 60.9 Å². The van der Waals surface area contributed by atoms with Crippen molar-refractivity contribution in [1.82, 2.24) is 44.4 Å². The van der Waals surface area contributed by atoms with Gasteiger partial charge in [-0.15, -0.1) is 34.0 Å². The van der Waals surface area contributed by atoms with Gasteiger partial charge in [-0.05, 0) is 162 Å². The number of hydrogen-bond acceptors (Lipinski definition) is 15. The number of benzene rings is 3. The Morgan fingerprint density at radius 3 is 1.72 bits per heavy atom. The summed E-state index contributed by atoms with van der Waals surface area (Å²) in [5.74, 6) is 2.57. The summed E-state index contributed by atoms with van der Waals surface area (Å²) < 4.78 is 12.0. The lowest BCUT2D eigenvalue weighted by Gasteiger charge is -2.39. The molecule has 412 valence electrons. The Balaban J connectivity index is 0.000000121. The highest BCUT2D eigenvalue weighted by molar-refractivity contribution is 7.26. The van der Waals surface area contributed by atoms with Gasteiger partial charge in [0.1, 0.15) is 26.1 Å². The van der Waals surface area contributed by atoms with E-state index in [1.165, 1.54) is 143 Å². The summed E-state index contributed by atoms with van der Waals surface area (Å²) in [5.41, 5.74) is 2.15. The summed E-state index contributed by atoms with van der Waals surface area (Å²) in [4.78, 5) is 29.6. The van der Waals surface area contributed by atoms with Gasteiger partial charge in [-0.2, -0.15) is 10.1 Å². The average Bonchev–Trinajstić information content (AvgIpc) is 4.35. The topological polar surface area (TPSA) is 124 Å². The summed E-state index contributed by atoms with van der Waals surface area (Å²) >= 11 is 5.26. The predicted molar refractivity (Wildman–Crippen MR) is 334 cm³/mol. The molecule has 3 aliphatic carbocycles. The van der Waals surface area contributed by atoms with Crippen molar-refractivity contribution in [2.24, 2.45) is 7.05 Å². The lowest BCUT2D eigenvalue weighted by atomic mass is 9.89. The molecule has 8 heterocycles. The fourth-order valence-electron chi connectivity index (χ4n) is 12.8. The molecular formula is C63H76N12OS3. The summed E-state index contributed by atoms with van der Waals surface area (Å²) in [5, 5.41) is 22.7. The van der Waals surface area contributed by atoms with Crippen molar-refractivity contribution < 1.29 is 4.74 Å².